The van der Waals surface area contributed by atoms with E-state index in [9.17, 15) is 9.59 Å². The van der Waals surface area contributed by atoms with Crippen LogP contribution in [0.15, 0.2) is 18.2 Å². The van der Waals surface area contributed by atoms with Crippen molar-refractivity contribution in [2.45, 2.75) is 26.4 Å². The number of ether oxygens (including phenoxy) is 2. The predicted octanol–water partition coefficient (Wildman–Crippen LogP) is 2.32. The zero-order valence-corrected chi connectivity index (χ0v) is 12.8. The number of hydrogen-bond acceptors (Lipinski definition) is 4. The summed E-state index contributed by atoms with van der Waals surface area (Å²) < 4.78 is 11.0. The van der Waals surface area contributed by atoms with E-state index in [4.69, 9.17) is 14.6 Å². The van der Waals surface area contributed by atoms with E-state index in [-0.39, 0.29) is 5.91 Å². The van der Waals surface area contributed by atoms with Crippen molar-refractivity contribution in [3.05, 3.63) is 23.8 Å². The zero-order valence-electron chi connectivity index (χ0n) is 12.8. The number of carbonyl (C=O) groups excluding carboxylic acids is 1. The fraction of sp³-hybridized carbons (Fsp3) is 0.375. The molecule has 1 aromatic rings. The molecule has 0 radical (unpaired) electrons. The number of carboxylic acids is 1. The summed E-state index contributed by atoms with van der Waals surface area (Å²) in [6.45, 7) is 4.25. The molecule has 1 N–H and O–H groups in total. The van der Waals surface area contributed by atoms with Gasteiger partial charge in [0.25, 0.3) is 5.91 Å². The van der Waals surface area contributed by atoms with Crippen LogP contribution in [0.2, 0.25) is 0 Å². The van der Waals surface area contributed by atoms with E-state index < -0.39 is 12.1 Å². The lowest BCUT2D eigenvalue weighted by atomic mass is 10.1. The highest BCUT2D eigenvalue weighted by atomic mass is 16.5. The lowest BCUT2D eigenvalue weighted by molar-refractivity contribution is -0.131. The quantitative estimate of drug-likeness (QED) is 0.845. The number of benzene rings is 1. The molecule has 1 unspecified atom stereocenters. The minimum Gasteiger partial charge on any atom is -0.493 e. The van der Waals surface area contributed by atoms with Crippen LogP contribution in [0.5, 0.6) is 11.5 Å². The van der Waals surface area contributed by atoms with Crippen LogP contribution < -0.4 is 14.4 Å². The average Bonchev–Trinajstić information content (AvgIpc) is 2.49. The Labute approximate surface area is 128 Å². The maximum Gasteiger partial charge on any atom is 0.328 e. The van der Waals surface area contributed by atoms with Crippen LogP contribution in [-0.4, -0.2) is 36.7 Å². The molecule has 0 aliphatic carbocycles. The fourth-order valence-electron chi connectivity index (χ4n) is 2.36. The first-order valence-corrected chi connectivity index (χ1v) is 7.09. The first-order chi connectivity index (χ1) is 10.5. The monoisotopic (exact) mass is 305 g/mol. The number of aliphatic carboxylic acids is 1. The maximum absolute atomic E-state index is 12.3. The van der Waals surface area contributed by atoms with E-state index in [2.05, 4.69) is 0 Å². The third kappa shape index (κ3) is 3.05. The third-order valence-corrected chi connectivity index (χ3v) is 3.34. The summed E-state index contributed by atoms with van der Waals surface area (Å²) in [7, 11) is 1.51. The molecule has 118 valence electrons. The van der Waals surface area contributed by atoms with Crippen molar-refractivity contribution < 1.29 is 24.2 Å². The minimum absolute atomic E-state index is 0.115. The molecular weight excluding hydrogens is 286 g/mol. The van der Waals surface area contributed by atoms with Crippen LogP contribution in [0.25, 0.3) is 6.08 Å². The number of nitrogens with zero attached hydrogens (tertiary/aromatic N) is 1. The Bertz CT molecular complexity index is 623. The molecule has 0 fully saturated rings. The highest BCUT2D eigenvalue weighted by molar-refractivity contribution is 6.01. The van der Waals surface area contributed by atoms with Crippen LogP contribution in [0.4, 0.5) is 5.69 Å². The summed E-state index contributed by atoms with van der Waals surface area (Å²) in [5.41, 5.74) is 1.24. The van der Waals surface area contributed by atoms with E-state index in [0.717, 1.165) is 12.5 Å². The number of anilines is 1. The molecular formula is C16H19NO5. The van der Waals surface area contributed by atoms with Gasteiger partial charge in [0.05, 0.1) is 12.8 Å². The lowest BCUT2D eigenvalue weighted by Crippen LogP contribution is -2.44. The standard InChI is InChI=1S/C16H19NO5/c1-4-7-17-12-8-11(5-6-14(18)19)9-13(21-3)15(12)22-10(2)16(17)20/h5-6,8-10H,4,7H2,1-3H3,(H,18,19)/b6-5+. The SMILES string of the molecule is CCCN1C(=O)C(C)Oc2c(OC)cc(/C=C/C(=O)O)cc21. The molecule has 0 aromatic heterocycles. The summed E-state index contributed by atoms with van der Waals surface area (Å²) in [6.07, 6.45) is 2.72. The Kier molecular flexibility index (Phi) is 4.70. The molecule has 1 atom stereocenters. The smallest absolute Gasteiger partial charge is 0.328 e. The highest BCUT2D eigenvalue weighted by Crippen LogP contribution is 2.43. The van der Waals surface area contributed by atoms with Gasteiger partial charge in [-0.1, -0.05) is 6.92 Å². The van der Waals surface area contributed by atoms with Gasteiger partial charge in [-0.2, -0.15) is 0 Å². The van der Waals surface area contributed by atoms with Crippen molar-refractivity contribution in [1.82, 2.24) is 0 Å². The molecule has 1 aromatic carbocycles. The second kappa shape index (κ2) is 6.51. The lowest BCUT2D eigenvalue weighted by Gasteiger charge is -2.33. The molecule has 0 saturated carbocycles. The Balaban J connectivity index is 2.55. The molecule has 0 saturated heterocycles. The van der Waals surface area contributed by atoms with Crippen LogP contribution >= 0.6 is 0 Å². The first kappa shape index (κ1) is 15.9. The van der Waals surface area contributed by atoms with Gasteiger partial charge in [0.15, 0.2) is 17.6 Å². The Hall–Kier alpha value is -2.50. The molecule has 1 amide bonds. The third-order valence-electron chi connectivity index (χ3n) is 3.34. The Morgan fingerprint density at radius 1 is 1.50 bits per heavy atom. The number of carboxylic acid groups (broad SMARTS) is 1. The van der Waals surface area contributed by atoms with Crippen molar-refractivity contribution in [3.8, 4) is 11.5 Å². The Morgan fingerprint density at radius 3 is 2.82 bits per heavy atom. The van der Waals surface area contributed by atoms with E-state index in [0.29, 0.717) is 29.3 Å². The van der Waals surface area contributed by atoms with Crippen molar-refractivity contribution in [1.29, 1.82) is 0 Å². The Morgan fingerprint density at radius 2 is 2.23 bits per heavy atom. The first-order valence-electron chi connectivity index (χ1n) is 7.09. The van der Waals surface area contributed by atoms with Crippen LogP contribution in [0, 0.1) is 0 Å². The van der Waals surface area contributed by atoms with Crippen molar-refractivity contribution in [2.24, 2.45) is 0 Å². The second-order valence-corrected chi connectivity index (χ2v) is 4.99. The highest BCUT2D eigenvalue weighted by Gasteiger charge is 2.33. The number of rotatable bonds is 5. The molecule has 22 heavy (non-hydrogen) atoms. The molecule has 0 spiro atoms. The van der Waals surface area contributed by atoms with Gasteiger partial charge >= 0.3 is 5.97 Å². The topological polar surface area (TPSA) is 76.1 Å². The number of carbonyl (C=O) groups is 2. The van der Waals surface area contributed by atoms with Gasteiger partial charge in [0.2, 0.25) is 0 Å². The van der Waals surface area contributed by atoms with Gasteiger partial charge in [-0.05, 0) is 37.1 Å². The summed E-state index contributed by atoms with van der Waals surface area (Å²) in [4.78, 5) is 24.6. The van der Waals surface area contributed by atoms with Crippen LogP contribution in [0.3, 0.4) is 0 Å². The fourth-order valence-corrected chi connectivity index (χ4v) is 2.36. The van der Waals surface area contributed by atoms with Crippen LogP contribution in [0.1, 0.15) is 25.8 Å². The van der Waals surface area contributed by atoms with Gasteiger partial charge in [-0.25, -0.2) is 4.79 Å². The van der Waals surface area contributed by atoms with Gasteiger partial charge in [-0.3, -0.25) is 4.79 Å². The van der Waals surface area contributed by atoms with E-state index in [1.165, 1.54) is 13.2 Å². The van der Waals surface area contributed by atoms with Crippen LogP contribution in [-0.2, 0) is 9.59 Å². The van der Waals surface area contributed by atoms with Crippen molar-refractivity contribution in [2.75, 3.05) is 18.6 Å². The van der Waals surface area contributed by atoms with Gasteiger partial charge in [-0.15, -0.1) is 0 Å². The molecule has 1 heterocycles. The largest absolute Gasteiger partial charge is 0.493 e. The summed E-state index contributed by atoms with van der Waals surface area (Å²) >= 11 is 0. The summed E-state index contributed by atoms with van der Waals surface area (Å²) in [5, 5.41) is 8.75. The minimum atomic E-state index is -1.04. The molecule has 6 nitrogen and oxygen atoms in total. The van der Waals surface area contributed by atoms with E-state index in [1.807, 2.05) is 6.92 Å². The molecule has 2 rings (SSSR count). The number of amides is 1. The molecule has 0 bridgehead atoms. The molecule has 6 heteroatoms. The summed E-state index contributed by atoms with van der Waals surface area (Å²) in [5.74, 6) is -0.169. The predicted molar refractivity (Wildman–Crippen MR) is 82.4 cm³/mol. The number of fused-ring (bicyclic) bond motifs is 1. The number of methoxy groups -OCH3 is 1. The normalized spacial score (nSPS) is 17.3. The van der Waals surface area contributed by atoms with Gasteiger partial charge in [0, 0.05) is 12.6 Å². The summed E-state index contributed by atoms with van der Waals surface area (Å²) in [6, 6.07) is 3.42. The van der Waals surface area contributed by atoms with Crippen molar-refractivity contribution in [3.63, 3.8) is 0 Å². The molecule has 1 aliphatic heterocycles. The average molecular weight is 305 g/mol. The van der Waals surface area contributed by atoms with Crippen molar-refractivity contribution >= 4 is 23.6 Å². The maximum atomic E-state index is 12.3. The van der Waals surface area contributed by atoms with Gasteiger partial charge < -0.3 is 19.5 Å². The molecule has 1 aliphatic rings. The second-order valence-electron chi connectivity index (χ2n) is 4.99. The van der Waals surface area contributed by atoms with E-state index >= 15 is 0 Å². The van der Waals surface area contributed by atoms with Gasteiger partial charge in [0.1, 0.15) is 0 Å². The zero-order chi connectivity index (χ0) is 16.3. The number of hydrogen-bond donors (Lipinski definition) is 1. The van der Waals surface area contributed by atoms with E-state index in [1.54, 1.807) is 24.0 Å².